The van der Waals surface area contributed by atoms with Gasteiger partial charge in [-0.05, 0) is 6.92 Å². The zero-order valence-electron chi connectivity index (χ0n) is 6.13. The van der Waals surface area contributed by atoms with Crippen LogP contribution >= 0.6 is 0 Å². The molecule has 56 valence electrons. The van der Waals surface area contributed by atoms with Gasteiger partial charge >= 0.3 is 0 Å². The molecule has 0 aromatic carbocycles. The largest absolute Gasteiger partial charge is 0.396 e. The third kappa shape index (κ3) is 0.863. The minimum Gasteiger partial charge on any atom is -0.396 e. The van der Waals surface area contributed by atoms with Crippen LogP contribution < -0.4 is 5.73 Å². The maximum Gasteiger partial charge on any atom is 0.111 e. The van der Waals surface area contributed by atoms with Gasteiger partial charge in [0, 0.05) is 7.05 Å². The summed E-state index contributed by atoms with van der Waals surface area (Å²) in [6.45, 7) is 1.77. The Morgan fingerprint density at radius 2 is 2.30 bits per heavy atom. The first-order valence-electron chi connectivity index (χ1n) is 3.05. The van der Waals surface area contributed by atoms with Crippen molar-refractivity contribution in [2.45, 2.75) is 13.5 Å². The van der Waals surface area contributed by atoms with Gasteiger partial charge in [0.25, 0.3) is 0 Å². The smallest absolute Gasteiger partial charge is 0.111 e. The minimum absolute atomic E-state index is 0.0898. The van der Waals surface area contributed by atoms with Gasteiger partial charge in [-0.3, -0.25) is 4.68 Å². The van der Waals surface area contributed by atoms with Crippen LogP contribution in [-0.4, -0.2) is 14.9 Å². The summed E-state index contributed by atoms with van der Waals surface area (Å²) in [6, 6.07) is 0. The summed E-state index contributed by atoms with van der Waals surface area (Å²) in [7, 11) is 1.80. The highest BCUT2D eigenvalue weighted by atomic mass is 16.3. The second-order valence-electron chi connectivity index (χ2n) is 2.23. The second-order valence-corrected chi connectivity index (χ2v) is 2.23. The molecule has 3 N–H and O–H groups in total. The molecule has 0 saturated heterocycles. The Morgan fingerprint density at radius 3 is 2.50 bits per heavy atom. The lowest BCUT2D eigenvalue weighted by atomic mass is 10.3. The molecule has 1 aromatic heterocycles. The highest BCUT2D eigenvalue weighted by molar-refractivity contribution is 5.47. The highest BCUT2D eigenvalue weighted by Crippen LogP contribution is 2.13. The van der Waals surface area contributed by atoms with E-state index in [9.17, 15) is 0 Å². The molecule has 4 nitrogen and oxygen atoms in total. The van der Waals surface area contributed by atoms with Gasteiger partial charge in [-0.2, -0.15) is 5.10 Å². The van der Waals surface area contributed by atoms with Crippen LogP contribution in [0.3, 0.4) is 0 Å². The Bertz CT molecular complexity index is 241. The van der Waals surface area contributed by atoms with Crippen molar-refractivity contribution in [2.24, 2.45) is 7.05 Å². The van der Waals surface area contributed by atoms with Crippen molar-refractivity contribution in [3.05, 3.63) is 11.4 Å². The summed E-state index contributed by atoms with van der Waals surface area (Å²) >= 11 is 0. The molecule has 0 atom stereocenters. The Hall–Kier alpha value is -1.03. The van der Waals surface area contributed by atoms with Gasteiger partial charge < -0.3 is 10.8 Å². The summed E-state index contributed by atoms with van der Waals surface area (Å²) in [5.41, 5.74) is 7.61. The number of anilines is 1. The van der Waals surface area contributed by atoms with Crippen LogP contribution in [0.15, 0.2) is 0 Å². The number of nitrogen functional groups attached to an aromatic ring is 1. The zero-order chi connectivity index (χ0) is 7.72. The second kappa shape index (κ2) is 2.30. The highest BCUT2D eigenvalue weighted by Gasteiger charge is 2.06. The van der Waals surface area contributed by atoms with Crippen molar-refractivity contribution in [1.29, 1.82) is 0 Å². The summed E-state index contributed by atoms with van der Waals surface area (Å²) in [4.78, 5) is 0. The van der Waals surface area contributed by atoms with Crippen LogP contribution in [-0.2, 0) is 13.7 Å². The summed E-state index contributed by atoms with van der Waals surface area (Å²) < 4.78 is 1.65. The predicted octanol–water partition coefficient (Wildman–Crippen LogP) is -0.197. The molecule has 0 fully saturated rings. The van der Waals surface area contributed by atoms with Gasteiger partial charge in [-0.25, -0.2) is 0 Å². The van der Waals surface area contributed by atoms with Crippen LogP contribution in [0.25, 0.3) is 0 Å². The third-order valence-electron chi connectivity index (χ3n) is 1.61. The first-order chi connectivity index (χ1) is 4.66. The summed E-state index contributed by atoms with van der Waals surface area (Å²) in [6.07, 6.45) is 0. The van der Waals surface area contributed by atoms with Crippen molar-refractivity contribution < 1.29 is 5.11 Å². The van der Waals surface area contributed by atoms with Gasteiger partial charge in [0.2, 0.25) is 0 Å². The van der Waals surface area contributed by atoms with Gasteiger partial charge in [0.15, 0.2) is 0 Å². The minimum atomic E-state index is -0.0898. The lowest BCUT2D eigenvalue weighted by molar-refractivity contribution is 0.276. The quantitative estimate of drug-likeness (QED) is 0.569. The number of rotatable bonds is 1. The van der Waals surface area contributed by atoms with Gasteiger partial charge in [-0.15, -0.1) is 0 Å². The van der Waals surface area contributed by atoms with Crippen molar-refractivity contribution in [2.75, 3.05) is 5.73 Å². The number of aliphatic hydroxyl groups is 1. The Morgan fingerprint density at radius 1 is 1.70 bits per heavy atom. The number of aromatic nitrogens is 2. The average molecular weight is 141 g/mol. The third-order valence-corrected chi connectivity index (χ3v) is 1.61. The molecule has 1 heterocycles. The number of aliphatic hydroxyl groups excluding tert-OH is 1. The molecule has 0 aliphatic rings. The standard InChI is InChI=1S/C6H11N3O/c1-4-6(7)5(3-10)8-9(4)2/h10H,3,7H2,1-2H3. The van der Waals surface area contributed by atoms with E-state index in [-0.39, 0.29) is 6.61 Å². The Kier molecular flexibility index (Phi) is 1.63. The number of aryl methyl sites for hydroxylation is 1. The molecule has 1 aromatic rings. The molecule has 0 spiro atoms. The van der Waals surface area contributed by atoms with E-state index < -0.39 is 0 Å². The Balaban J connectivity index is 3.17. The van der Waals surface area contributed by atoms with Gasteiger partial charge in [-0.1, -0.05) is 0 Å². The van der Waals surface area contributed by atoms with Crippen LogP contribution in [0.2, 0.25) is 0 Å². The van der Waals surface area contributed by atoms with E-state index in [1.54, 1.807) is 11.7 Å². The molecule has 0 aliphatic heterocycles. The van der Waals surface area contributed by atoms with Gasteiger partial charge in [0.1, 0.15) is 5.69 Å². The van der Waals surface area contributed by atoms with Crippen LogP contribution in [0, 0.1) is 6.92 Å². The normalized spacial score (nSPS) is 10.3. The fourth-order valence-corrected chi connectivity index (χ4v) is 0.810. The average Bonchev–Trinajstić information content (AvgIpc) is 2.17. The van der Waals surface area contributed by atoms with Crippen LogP contribution in [0.5, 0.6) is 0 Å². The zero-order valence-corrected chi connectivity index (χ0v) is 6.13. The maximum atomic E-state index is 8.70. The van der Waals surface area contributed by atoms with Crippen molar-refractivity contribution in [1.82, 2.24) is 9.78 Å². The molecule has 0 unspecified atom stereocenters. The van der Waals surface area contributed by atoms with Crippen LogP contribution in [0.1, 0.15) is 11.4 Å². The number of hydrogen-bond acceptors (Lipinski definition) is 3. The monoisotopic (exact) mass is 141 g/mol. The van der Waals surface area contributed by atoms with E-state index in [1.165, 1.54) is 0 Å². The van der Waals surface area contributed by atoms with Crippen molar-refractivity contribution in [3.63, 3.8) is 0 Å². The van der Waals surface area contributed by atoms with E-state index in [4.69, 9.17) is 10.8 Å². The molecule has 0 radical (unpaired) electrons. The van der Waals surface area contributed by atoms with E-state index in [2.05, 4.69) is 5.10 Å². The maximum absolute atomic E-state index is 8.70. The number of hydrogen-bond donors (Lipinski definition) is 2. The van der Waals surface area contributed by atoms with E-state index in [0.717, 1.165) is 5.69 Å². The number of nitrogens with two attached hydrogens (primary N) is 1. The predicted molar refractivity (Wildman–Crippen MR) is 38.3 cm³/mol. The van der Waals surface area contributed by atoms with E-state index >= 15 is 0 Å². The molecule has 10 heavy (non-hydrogen) atoms. The van der Waals surface area contributed by atoms with E-state index in [1.807, 2.05) is 6.92 Å². The summed E-state index contributed by atoms with van der Waals surface area (Å²) in [5, 5.41) is 12.7. The Labute approximate surface area is 59.3 Å². The van der Waals surface area contributed by atoms with Gasteiger partial charge in [0.05, 0.1) is 18.0 Å². The molecule has 0 saturated carbocycles. The summed E-state index contributed by atoms with van der Waals surface area (Å²) in [5.74, 6) is 0. The topological polar surface area (TPSA) is 64.1 Å². The molecular formula is C6H11N3O. The molecule has 0 amide bonds. The SMILES string of the molecule is Cc1c(N)c(CO)nn1C. The van der Waals surface area contributed by atoms with Crippen LogP contribution in [0.4, 0.5) is 5.69 Å². The fourth-order valence-electron chi connectivity index (χ4n) is 0.810. The first-order valence-corrected chi connectivity index (χ1v) is 3.05. The molecule has 4 heteroatoms. The molecular weight excluding hydrogens is 130 g/mol. The van der Waals surface area contributed by atoms with E-state index in [0.29, 0.717) is 11.4 Å². The molecule has 0 aliphatic carbocycles. The lowest BCUT2D eigenvalue weighted by Gasteiger charge is -1.91. The number of nitrogens with zero attached hydrogens (tertiary/aromatic N) is 2. The molecule has 1 rings (SSSR count). The fraction of sp³-hybridized carbons (Fsp3) is 0.500. The first kappa shape index (κ1) is 7.08. The molecule has 0 bridgehead atoms. The van der Waals surface area contributed by atoms with Crippen molar-refractivity contribution in [3.8, 4) is 0 Å². The van der Waals surface area contributed by atoms with Crippen molar-refractivity contribution >= 4 is 5.69 Å². The lowest BCUT2D eigenvalue weighted by Crippen LogP contribution is -1.93.